The second-order valence-corrected chi connectivity index (χ2v) is 8.12. The van der Waals surface area contributed by atoms with Gasteiger partial charge in [0.25, 0.3) is 5.91 Å². The summed E-state index contributed by atoms with van der Waals surface area (Å²) < 4.78 is 0. The van der Waals surface area contributed by atoms with Crippen molar-refractivity contribution in [2.75, 3.05) is 11.6 Å². The lowest BCUT2D eigenvalue weighted by Gasteiger charge is -2.19. The molecule has 2 aromatic rings. The van der Waals surface area contributed by atoms with Gasteiger partial charge in [-0.3, -0.25) is 9.59 Å². The van der Waals surface area contributed by atoms with Crippen molar-refractivity contribution in [2.45, 2.75) is 44.0 Å². The van der Waals surface area contributed by atoms with Crippen molar-refractivity contribution in [1.82, 2.24) is 5.32 Å². The van der Waals surface area contributed by atoms with Gasteiger partial charge in [0.1, 0.15) is 6.04 Å². The zero-order chi connectivity index (χ0) is 19.3. The van der Waals surface area contributed by atoms with Crippen LogP contribution in [0.1, 0.15) is 43.6 Å². The average Bonchev–Trinajstić information content (AvgIpc) is 2.61. The molecule has 0 saturated heterocycles. The summed E-state index contributed by atoms with van der Waals surface area (Å²) in [7, 11) is 0. The summed E-state index contributed by atoms with van der Waals surface area (Å²) in [6, 6.07) is 14.4. The van der Waals surface area contributed by atoms with Crippen LogP contribution in [0.25, 0.3) is 0 Å². The van der Waals surface area contributed by atoms with Crippen molar-refractivity contribution < 1.29 is 9.59 Å². The first-order chi connectivity index (χ1) is 12.2. The van der Waals surface area contributed by atoms with Crippen LogP contribution in [0.3, 0.4) is 0 Å². The fraction of sp³-hybridized carbons (Fsp3) is 0.333. The molecule has 2 rings (SSSR count). The Labute approximate surface area is 159 Å². The average molecular weight is 371 g/mol. The minimum atomic E-state index is -0.634. The molecule has 26 heavy (non-hydrogen) atoms. The summed E-state index contributed by atoms with van der Waals surface area (Å²) in [6.45, 7) is 8.05. The van der Waals surface area contributed by atoms with Crippen LogP contribution in [0.4, 0.5) is 5.69 Å². The van der Waals surface area contributed by atoms with Gasteiger partial charge in [-0.1, -0.05) is 32.9 Å². The molecule has 0 bridgehead atoms. The van der Waals surface area contributed by atoms with Crippen molar-refractivity contribution in [2.24, 2.45) is 0 Å². The van der Waals surface area contributed by atoms with E-state index in [0.717, 1.165) is 10.5 Å². The van der Waals surface area contributed by atoms with Crippen LogP contribution >= 0.6 is 11.8 Å². The molecule has 2 N–H and O–H groups in total. The van der Waals surface area contributed by atoms with E-state index >= 15 is 0 Å². The van der Waals surface area contributed by atoms with Crippen molar-refractivity contribution in [1.29, 1.82) is 0 Å². The number of anilines is 1. The van der Waals surface area contributed by atoms with E-state index in [4.69, 9.17) is 0 Å². The van der Waals surface area contributed by atoms with Crippen molar-refractivity contribution >= 4 is 29.3 Å². The van der Waals surface area contributed by atoms with Crippen molar-refractivity contribution in [3.8, 4) is 0 Å². The van der Waals surface area contributed by atoms with Gasteiger partial charge in [-0.2, -0.15) is 0 Å². The number of thioether (sulfide) groups is 1. The maximum atomic E-state index is 12.4. The Kier molecular flexibility index (Phi) is 6.48. The van der Waals surface area contributed by atoms with Gasteiger partial charge in [0.15, 0.2) is 0 Å². The molecule has 0 aromatic heterocycles. The smallest absolute Gasteiger partial charge is 0.251 e. The molecule has 0 radical (unpaired) electrons. The van der Waals surface area contributed by atoms with E-state index in [1.807, 2.05) is 42.7 Å². The first-order valence-corrected chi connectivity index (χ1v) is 9.79. The lowest BCUT2D eigenvalue weighted by Crippen LogP contribution is -2.41. The van der Waals surface area contributed by atoms with E-state index in [9.17, 15) is 9.59 Å². The second kappa shape index (κ2) is 8.41. The van der Waals surface area contributed by atoms with Crippen LogP contribution in [-0.4, -0.2) is 24.1 Å². The topological polar surface area (TPSA) is 58.2 Å². The summed E-state index contributed by atoms with van der Waals surface area (Å²) in [4.78, 5) is 25.8. The van der Waals surface area contributed by atoms with E-state index in [1.165, 1.54) is 0 Å². The molecule has 138 valence electrons. The van der Waals surface area contributed by atoms with Gasteiger partial charge in [0.05, 0.1) is 0 Å². The van der Waals surface area contributed by atoms with Gasteiger partial charge in [0, 0.05) is 16.1 Å². The van der Waals surface area contributed by atoms with E-state index in [2.05, 4.69) is 31.4 Å². The van der Waals surface area contributed by atoms with Crippen LogP contribution < -0.4 is 10.6 Å². The molecular weight excluding hydrogens is 344 g/mol. The van der Waals surface area contributed by atoms with Crippen molar-refractivity contribution in [3.05, 3.63) is 59.7 Å². The first kappa shape index (κ1) is 20.0. The molecule has 0 aliphatic heterocycles. The van der Waals surface area contributed by atoms with Gasteiger partial charge in [-0.25, -0.2) is 0 Å². The van der Waals surface area contributed by atoms with Gasteiger partial charge in [-0.05, 0) is 60.6 Å². The third-order valence-corrected chi connectivity index (χ3v) is 4.86. The SMILES string of the molecule is CSc1ccc(NC(=O)[C@H](C)NC(=O)c2ccc(C(C)(C)C)cc2)cc1. The molecule has 2 amide bonds. The molecule has 0 heterocycles. The van der Waals surface area contributed by atoms with Crippen molar-refractivity contribution in [3.63, 3.8) is 0 Å². The Morgan fingerprint density at radius 2 is 1.54 bits per heavy atom. The summed E-state index contributed by atoms with van der Waals surface area (Å²) >= 11 is 1.64. The van der Waals surface area contributed by atoms with E-state index < -0.39 is 6.04 Å². The quantitative estimate of drug-likeness (QED) is 0.764. The first-order valence-electron chi connectivity index (χ1n) is 8.57. The molecule has 5 heteroatoms. The van der Waals surface area contributed by atoms with Crippen LogP contribution in [0.5, 0.6) is 0 Å². The van der Waals surface area contributed by atoms with Gasteiger partial charge >= 0.3 is 0 Å². The largest absolute Gasteiger partial charge is 0.341 e. The number of hydrogen-bond acceptors (Lipinski definition) is 3. The number of benzene rings is 2. The zero-order valence-electron chi connectivity index (χ0n) is 15.9. The highest BCUT2D eigenvalue weighted by atomic mass is 32.2. The Bertz CT molecular complexity index is 762. The minimum Gasteiger partial charge on any atom is -0.341 e. The summed E-state index contributed by atoms with van der Waals surface area (Å²) in [5.41, 5.74) is 2.45. The summed E-state index contributed by atoms with van der Waals surface area (Å²) in [5.74, 6) is -0.507. The Morgan fingerprint density at radius 1 is 0.962 bits per heavy atom. The molecule has 0 saturated carbocycles. The highest BCUT2D eigenvalue weighted by molar-refractivity contribution is 7.98. The second-order valence-electron chi connectivity index (χ2n) is 7.24. The van der Waals surface area contributed by atoms with E-state index in [-0.39, 0.29) is 17.2 Å². The molecule has 0 unspecified atom stereocenters. The van der Waals surface area contributed by atoms with Crippen LogP contribution in [-0.2, 0) is 10.2 Å². The van der Waals surface area contributed by atoms with E-state index in [0.29, 0.717) is 11.3 Å². The molecular formula is C21H26N2O2S. The highest BCUT2D eigenvalue weighted by Gasteiger charge is 2.18. The maximum Gasteiger partial charge on any atom is 0.251 e. The molecule has 0 aliphatic carbocycles. The number of hydrogen-bond donors (Lipinski definition) is 2. The molecule has 2 aromatic carbocycles. The summed E-state index contributed by atoms with van der Waals surface area (Å²) in [5, 5.41) is 5.56. The molecule has 4 nitrogen and oxygen atoms in total. The number of carbonyl (C=O) groups is 2. The maximum absolute atomic E-state index is 12.4. The number of rotatable bonds is 5. The minimum absolute atomic E-state index is 0.0357. The third-order valence-electron chi connectivity index (χ3n) is 4.11. The summed E-state index contributed by atoms with van der Waals surface area (Å²) in [6.07, 6.45) is 2.00. The molecule has 1 atom stereocenters. The van der Waals surface area contributed by atoms with Gasteiger partial charge in [0.2, 0.25) is 5.91 Å². The van der Waals surface area contributed by atoms with Gasteiger partial charge < -0.3 is 10.6 Å². The monoisotopic (exact) mass is 370 g/mol. The highest BCUT2D eigenvalue weighted by Crippen LogP contribution is 2.22. The Hall–Kier alpha value is -2.27. The fourth-order valence-electron chi connectivity index (χ4n) is 2.39. The van der Waals surface area contributed by atoms with Crippen LogP contribution in [0.15, 0.2) is 53.4 Å². The Morgan fingerprint density at radius 3 is 2.04 bits per heavy atom. The predicted octanol–water partition coefficient (Wildman–Crippen LogP) is 4.46. The predicted molar refractivity (Wildman–Crippen MR) is 109 cm³/mol. The normalized spacial score (nSPS) is 12.3. The van der Waals surface area contributed by atoms with Crippen LogP contribution in [0.2, 0.25) is 0 Å². The zero-order valence-corrected chi connectivity index (χ0v) is 16.7. The Balaban J connectivity index is 1.95. The molecule has 0 aliphatic rings. The lowest BCUT2D eigenvalue weighted by molar-refractivity contribution is -0.117. The van der Waals surface area contributed by atoms with Gasteiger partial charge in [-0.15, -0.1) is 11.8 Å². The lowest BCUT2D eigenvalue weighted by atomic mass is 9.86. The molecule has 0 spiro atoms. The number of amides is 2. The standard InChI is InChI=1S/C21H26N2O2S/c1-14(19(24)23-17-10-12-18(26-5)13-11-17)22-20(25)15-6-8-16(9-7-15)21(2,3)4/h6-14H,1-5H3,(H,22,25)(H,23,24)/t14-/m0/s1. The fourth-order valence-corrected chi connectivity index (χ4v) is 2.80. The number of nitrogens with one attached hydrogen (secondary N) is 2. The molecule has 0 fully saturated rings. The van der Waals surface area contributed by atoms with Crippen LogP contribution in [0, 0.1) is 0 Å². The number of carbonyl (C=O) groups excluding carboxylic acids is 2. The van der Waals surface area contributed by atoms with E-state index in [1.54, 1.807) is 30.8 Å². The third kappa shape index (κ3) is 5.36.